The standard InChI is InChI=1S/C11H15BrN2O2/c1-2-10-13-9(12)6-11(14-10)16-7-8-4-3-5-15-8/h6,8H,2-5,7H2,1H3. The van der Waals surface area contributed by atoms with Gasteiger partial charge in [0.1, 0.15) is 17.0 Å². The molecular weight excluding hydrogens is 272 g/mol. The smallest absolute Gasteiger partial charge is 0.217 e. The molecule has 0 aromatic carbocycles. The first-order valence-corrected chi connectivity index (χ1v) is 6.35. The summed E-state index contributed by atoms with van der Waals surface area (Å²) in [7, 11) is 0. The summed E-state index contributed by atoms with van der Waals surface area (Å²) in [6, 6.07) is 1.79. The Morgan fingerprint density at radius 1 is 1.56 bits per heavy atom. The van der Waals surface area contributed by atoms with Crippen molar-refractivity contribution in [2.75, 3.05) is 13.2 Å². The third-order valence-corrected chi connectivity index (χ3v) is 2.88. The predicted molar refractivity (Wildman–Crippen MR) is 63.6 cm³/mol. The van der Waals surface area contributed by atoms with Gasteiger partial charge in [0.25, 0.3) is 0 Å². The van der Waals surface area contributed by atoms with E-state index in [-0.39, 0.29) is 6.10 Å². The summed E-state index contributed by atoms with van der Waals surface area (Å²) in [5.74, 6) is 1.41. The molecule has 0 saturated carbocycles. The minimum absolute atomic E-state index is 0.221. The highest BCUT2D eigenvalue weighted by atomic mass is 79.9. The highest BCUT2D eigenvalue weighted by Gasteiger charge is 2.16. The van der Waals surface area contributed by atoms with E-state index in [1.54, 1.807) is 6.07 Å². The maximum atomic E-state index is 5.61. The number of aryl methyl sites for hydroxylation is 1. The maximum Gasteiger partial charge on any atom is 0.217 e. The second kappa shape index (κ2) is 5.59. The molecule has 0 aliphatic carbocycles. The zero-order valence-electron chi connectivity index (χ0n) is 9.28. The molecule has 1 aliphatic rings. The molecule has 0 amide bonds. The van der Waals surface area contributed by atoms with E-state index in [2.05, 4.69) is 25.9 Å². The lowest BCUT2D eigenvalue weighted by atomic mass is 10.2. The van der Waals surface area contributed by atoms with Crippen molar-refractivity contribution >= 4 is 15.9 Å². The van der Waals surface area contributed by atoms with Crippen molar-refractivity contribution < 1.29 is 9.47 Å². The molecule has 1 aromatic heterocycles. The third kappa shape index (κ3) is 3.15. The highest BCUT2D eigenvalue weighted by Crippen LogP contribution is 2.17. The van der Waals surface area contributed by atoms with E-state index in [0.717, 1.165) is 36.3 Å². The minimum Gasteiger partial charge on any atom is -0.475 e. The number of aromatic nitrogens is 2. The van der Waals surface area contributed by atoms with Gasteiger partial charge >= 0.3 is 0 Å². The van der Waals surface area contributed by atoms with Crippen molar-refractivity contribution in [2.45, 2.75) is 32.3 Å². The van der Waals surface area contributed by atoms with Gasteiger partial charge in [0.15, 0.2) is 0 Å². The van der Waals surface area contributed by atoms with Gasteiger partial charge in [0.05, 0.1) is 6.10 Å². The van der Waals surface area contributed by atoms with E-state index < -0.39 is 0 Å². The molecule has 0 spiro atoms. The third-order valence-electron chi connectivity index (χ3n) is 2.48. The number of nitrogens with zero attached hydrogens (tertiary/aromatic N) is 2. The Morgan fingerprint density at radius 2 is 2.44 bits per heavy atom. The molecule has 1 saturated heterocycles. The van der Waals surface area contributed by atoms with E-state index in [4.69, 9.17) is 9.47 Å². The van der Waals surface area contributed by atoms with Gasteiger partial charge in [-0.05, 0) is 28.8 Å². The van der Waals surface area contributed by atoms with Crippen molar-refractivity contribution in [1.82, 2.24) is 9.97 Å². The number of hydrogen-bond acceptors (Lipinski definition) is 4. The van der Waals surface area contributed by atoms with Gasteiger partial charge in [-0.25, -0.2) is 4.98 Å². The normalized spacial score (nSPS) is 20.0. The number of halogens is 1. The summed E-state index contributed by atoms with van der Waals surface area (Å²) in [6.45, 7) is 3.44. The summed E-state index contributed by atoms with van der Waals surface area (Å²) in [5.41, 5.74) is 0. The monoisotopic (exact) mass is 286 g/mol. The van der Waals surface area contributed by atoms with E-state index in [9.17, 15) is 0 Å². The predicted octanol–water partition coefficient (Wildman–Crippen LogP) is 2.36. The van der Waals surface area contributed by atoms with Crippen LogP contribution in [0.2, 0.25) is 0 Å². The summed E-state index contributed by atoms with van der Waals surface area (Å²) >= 11 is 3.34. The van der Waals surface area contributed by atoms with Crippen LogP contribution >= 0.6 is 15.9 Å². The zero-order chi connectivity index (χ0) is 11.4. The molecular formula is C11H15BrN2O2. The van der Waals surface area contributed by atoms with Crippen molar-refractivity contribution in [3.05, 3.63) is 16.5 Å². The van der Waals surface area contributed by atoms with Crippen molar-refractivity contribution in [2.24, 2.45) is 0 Å². The topological polar surface area (TPSA) is 44.2 Å². The second-order valence-corrected chi connectivity index (χ2v) is 4.56. The molecule has 16 heavy (non-hydrogen) atoms. The van der Waals surface area contributed by atoms with Gasteiger partial charge in [-0.15, -0.1) is 0 Å². The van der Waals surface area contributed by atoms with Gasteiger partial charge in [-0.3, -0.25) is 0 Å². The van der Waals surface area contributed by atoms with Gasteiger partial charge in [0, 0.05) is 19.1 Å². The second-order valence-electron chi connectivity index (χ2n) is 3.74. The van der Waals surface area contributed by atoms with Crippen LogP contribution < -0.4 is 4.74 Å². The first-order chi connectivity index (χ1) is 7.78. The molecule has 4 nitrogen and oxygen atoms in total. The average molecular weight is 287 g/mol. The first-order valence-electron chi connectivity index (χ1n) is 5.56. The Hall–Kier alpha value is -0.680. The number of ether oxygens (including phenoxy) is 2. The Bertz CT molecular complexity index is 354. The van der Waals surface area contributed by atoms with Crippen LogP contribution in [0.4, 0.5) is 0 Å². The van der Waals surface area contributed by atoms with E-state index in [1.165, 1.54) is 0 Å². The molecule has 5 heteroatoms. The van der Waals surface area contributed by atoms with Gasteiger partial charge < -0.3 is 9.47 Å². The van der Waals surface area contributed by atoms with Crippen LogP contribution in [0.15, 0.2) is 10.7 Å². The summed E-state index contributed by atoms with van der Waals surface area (Å²) in [5, 5.41) is 0. The first kappa shape index (κ1) is 11.8. The van der Waals surface area contributed by atoms with E-state index in [1.807, 2.05) is 6.92 Å². The Balaban J connectivity index is 1.94. The maximum absolute atomic E-state index is 5.61. The van der Waals surface area contributed by atoms with Crippen LogP contribution in [0, 0.1) is 0 Å². The molecule has 0 bridgehead atoms. The van der Waals surface area contributed by atoms with Gasteiger partial charge in [-0.1, -0.05) is 6.92 Å². The molecule has 1 unspecified atom stereocenters. The molecule has 1 aromatic rings. The van der Waals surface area contributed by atoms with Crippen molar-refractivity contribution in [1.29, 1.82) is 0 Å². The molecule has 2 heterocycles. The largest absolute Gasteiger partial charge is 0.475 e. The lowest BCUT2D eigenvalue weighted by Crippen LogP contribution is -2.17. The Kier molecular flexibility index (Phi) is 4.12. The van der Waals surface area contributed by atoms with Crippen molar-refractivity contribution in [3.63, 3.8) is 0 Å². The molecule has 1 aliphatic heterocycles. The molecule has 1 fully saturated rings. The van der Waals surface area contributed by atoms with Crippen molar-refractivity contribution in [3.8, 4) is 5.88 Å². The number of rotatable bonds is 4. The highest BCUT2D eigenvalue weighted by molar-refractivity contribution is 9.10. The quantitative estimate of drug-likeness (QED) is 0.797. The SMILES string of the molecule is CCc1nc(Br)cc(OCC2CCCO2)n1. The van der Waals surface area contributed by atoms with Gasteiger partial charge in [0.2, 0.25) is 5.88 Å². The van der Waals surface area contributed by atoms with E-state index in [0.29, 0.717) is 12.5 Å². The zero-order valence-corrected chi connectivity index (χ0v) is 10.9. The Labute approximate surface area is 104 Å². The van der Waals surface area contributed by atoms with Crippen LogP contribution in [0.1, 0.15) is 25.6 Å². The molecule has 1 atom stereocenters. The Morgan fingerprint density at radius 3 is 3.12 bits per heavy atom. The summed E-state index contributed by atoms with van der Waals surface area (Å²) < 4.78 is 11.9. The van der Waals surface area contributed by atoms with Gasteiger partial charge in [-0.2, -0.15) is 4.98 Å². The molecule has 0 N–H and O–H groups in total. The summed E-state index contributed by atoms with van der Waals surface area (Å²) in [4.78, 5) is 8.52. The fourth-order valence-corrected chi connectivity index (χ4v) is 2.03. The van der Waals surface area contributed by atoms with Crippen LogP contribution in [0.25, 0.3) is 0 Å². The van der Waals surface area contributed by atoms with Crippen LogP contribution in [0.3, 0.4) is 0 Å². The lowest BCUT2D eigenvalue weighted by molar-refractivity contribution is 0.0661. The lowest BCUT2D eigenvalue weighted by Gasteiger charge is -2.11. The number of hydrogen-bond donors (Lipinski definition) is 0. The molecule has 2 rings (SSSR count). The van der Waals surface area contributed by atoms with E-state index >= 15 is 0 Å². The fourth-order valence-electron chi connectivity index (χ4n) is 1.63. The minimum atomic E-state index is 0.221. The van der Waals surface area contributed by atoms with Crippen LogP contribution in [0.5, 0.6) is 5.88 Å². The molecule has 0 radical (unpaired) electrons. The average Bonchev–Trinajstić information content (AvgIpc) is 2.78. The fraction of sp³-hybridized carbons (Fsp3) is 0.636. The van der Waals surface area contributed by atoms with Crippen LogP contribution in [-0.2, 0) is 11.2 Å². The van der Waals surface area contributed by atoms with Crippen LogP contribution in [-0.4, -0.2) is 29.3 Å². The molecule has 88 valence electrons. The summed E-state index contributed by atoms with van der Waals surface area (Å²) in [6.07, 6.45) is 3.23.